The van der Waals surface area contributed by atoms with E-state index in [1.807, 2.05) is 0 Å². The molecule has 0 rings (SSSR count). The Balaban J connectivity index is 4.70. The lowest BCUT2D eigenvalue weighted by Gasteiger charge is -2.37. The van der Waals surface area contributed by atoms with Crippen molar-refractivity contribution in [2.24, 2.45) is 5.73 Å². The van der Waals surface area contributed by atoms with Gasteiger partial charge < -0.3 is 15.2 Å². The van der Waals surface area contributed by atoms with Gasteiger partial charge >= 0.3 is 5.97 Å². The molecular formula is C14H30N2O3. The standard InChI is InChI=1S/C14H30N2O3/c1-7-11(2)16(8-9-18-5)12(3)10-14(4,15)13(17)19-6/h11-12H,7-10,15H2,1-6H3. The molecule has 0 aromatic rings. The summed E-state index contributed by atoms with van der Waals surface area (Å²) in [4.78, 5) is 14.0. The van der Waals surface area contributed by atoms with E-state index in [1.165, 1.54) is 7.11 Å². The summed E-state index contributed by atoms with van der Waals surface area (Å²) in [6.45, 7) is 9.66. The molecule has 0 heterocycles. The molecule has 114 valence electrons. The maximum atomic E-state index is 11.7. The highest BCUT2D eigenvalue weighted by Gasteiger charge is 2.33. The van der Waals surface area contributed by atoms with E-state index in [9.17, 15) is 4.79 Å². The first-order valence-corrected chi connectivity index (χ1v) is 6.92. The Bertz CT molecular complexity index is 269. The zero-order valence-electron chi connectivity index (χ0n) is 13.2. The molecular weight excluding hydrogens is 244 g/mol. The molecule has 2 N–H and O–H groups in total. The zero-order valence-corrected chi connectivity index (χ0v) is 13.2. The van der Waals surface area contributed by atoms with Crippen LogP contribution in [0.4, 0.5) is 0 Å². The second kappa shape index (κ2) is 8.51. The van der Waals surface area contributed by atoms with Crippen LogP contribution in [0.1, 0.15) is 40.5 Å². The predicted molar refractivity (Wildman–Crippen MR) is 77.0 cm³/mol. The number of ether oxygens (including phenoxy) is 2. The van der Waals surface area contributed by atoms with Crippen molar-refractivity contribution in [1.82, 2.24) is 4.90 Å². The van der Waals surface area contributed by atoms with Gasteiger partial charge in [0, 0.05) is 25.7 Å². The van der Waals surface area contributed by atoms with Crippen molar-refractivity contribution in [1.29, 1.82) is 0 Å². The van der Waals surface area contributed by atoms with E-state index >= 15 is 0 Å². The molecule has 3 atom stereocenters. The van der Waals surface area contributed by atoms with E-state index in [4.69, 9.17) is 15.2 Å². The number of nitrogens with two attached hydrogens (primary N) is 1. The van der Waals surface area contributed by atoms with Gasteiger partial charge in [-0.05, 0) is 33.6 Å². The zero-order chi connectivity index (χ0) is 15.1. The fraction of sp³-hybridized carbons (Fsp3) is 0.929. The number of carbonyl (C=O) groups excluding carboxylic acids is 1. The average Bonchev–Trinajstić information content (AvgIpc) is 2.36. The van der Waals surface area contributed by atoms with Gasteiger partial charge in [0.25, 0.3) is 0 Å². The normalized spacial score (nSPS) is 17.9. The molecule has 0 amide bonds. The minimum atomic E-state index is -0.951. The van der Waals surface area contributed by atoms with Crippen molar-refractivity contribution in [3.05, 3.63) is 0 Å². The average molecular weight is 274 g/mol. The number of esters is 1. The van der Waals surface area contributed by atoms with Crippen molar-refractivity contribution in [3.63, 3.8) is 0 Å². The van der Waals surface area contributed by atoms with E-state index in [2.05, 4.69) is 25.7 Å². The quantitative estimate of drug-likeness (QED) is 0.644. The number of carbonyl (C=O) groups is 1. The van der Waals surface area contributed by atoms with Crippen LogP contribution in [-0.2, 0) is 14.3 Å². The third-order valence-electron chi connectivity index (χ3n) is 3.65. The molecule has 5 nitrogen and oxygen atoms in total. The van der Waals surface area contributed by atoms with Crippen LogP contribution in [0.5, 0.6) is 0 Å². The number of hydrogen-bond donors (Lipinski definition) is 1. The Morgan fingerprint density at radius 3 is 2.32 bits per heavy atom. The van der Waals surface area contributed by atoms with Crippen molar-refractivity contribution in [3.8, 4) is 0 Å². The van der Waals surface area contributed by atoms with Crippen LogP contribution in [0.3, 0.4) is 0 Å². The summed E-state index contributed by atoms with van der Waals surface area (Å²) in [7, 11) is 3.07. The summed E-state index contributed by atoms with van der Waals surface area (Å²) >= 11 is 0. The fourth-order valence-corrected chi connectivity index (χ4v) is 2.35. The van der Waals surface area contributed by atoms with Crippen molar-refractivity contribution < 1.29 is 14.3 Å². The SMILES string of the molecule is CCC(C)N(CCOC)C(C)CC(C)(N)C(=O)OC. The fourth-order valence-electron chi connectivity index (χ4n) is 2.35. The molecule has 0 spiro atoms. The van der Waals surface area contributed by atoms with E-state index in [0.717, 1.165) is 13.0 Å². The predicted octanol–water partition coefficient (Wildman–Crippen LogP) is 1.40. The van der Waals surface area contributed by atoms with Gasteiger partial charge in [-0.25, -0.2) is 0 Å². The van der Waals surface area contributed by atoms with E-state index in [0.29, 0.717) is 19.1 Å². The first kappa shape index (κ1) is 18.4. The van der Waals surface area contributed by atoms with Crippen LogP contribution in [0.2, 0.25) is 0 Å². The molecule has 5 heteroatoms. The molecule has 0 aromatic heterocycles. The Labute approximate surface area is 117 Å². The highest BCUT2D eigenvalue weighted by atomic mass is 16.5. The molecule has 3 unspecified atom stereocenters. The monoisotopic (exact) mass is 274 g/mol. The van der Waals surface area contributed by atoms with Crippen LogP contribution < -0.4 is 5.73 Å². The van der Waals surface area contributed by atoms with Crippen molar-refractivity contribution in [2.75, 3.05) is 27.4 Å². The topological polar surface area (TPSA) is 64.8 Å². The summed E-state index contributed by atoms with van der Waals surface area (Å²) in [5, 5.41) is 0. The van der Waals surface area contributed by atoms with Crippen molar-refractivity contribution >= 4 is 5.97 Å². The molecule has 0 fully saturated rings. The van der Waals surface area contributed by atoms with Crippen LogP contribution in [0.15, 0.2) is 0 Å². The molecule has 0 aromatic carbocycles. The van der Waals surface area contributed by atoms with E-state index < -0.39 is 5.54 Å². The van der Waals surface area contributed by atoms with Crippen molar-refractivity contribution in [2.45, 2.75) is 58.2 Å². The third kappa shape index (κ3) is 5.89. The van der Waals surface area contributed by atoms with E-state index in [1.54, 1.807) is 14.0 Å². The Morgan fingerprint density at radius 1 is 1.32 bits per heavy atom. The van der Waals surface area contributed by atoms with Crippen LogP contribution in [0, 0.1) is 0 Å². The largest absolute Gasteiger partial charge is 0.468 e. The van der Waals surface area contributed by atoms with Gasteiger partial charge in [0.1, 0.15) is 5.54 Å². The van der Waals surface area contributed by atoms with E-state index in [-0.39, 0.29) is 12.0 Å². The first-order chi connectivity index (χ1) is 8.80. The van der Waals surface area contributed by atoms with Gasteiger partial charge in [-0.1, -0.05) is 6.92 Å². The third-order valence-corrected chi connectivity index (χ3v) is 3.65. The first-order valence-electron chi connectivity index (χ1n) is 6.92. The van der Waals surface area contributed by atoms with Gasteiger partial charge in [0.05, 0.1) is 13.7 Å². The van der Waals surface area contributed by atoms with Crippen LogP contribution in [0.25, 0.3) is 0 Å². The summed E-state index contributed by atoms with van der Waals surface area (Å²) in [5.41, 5.74) is 5.10. The maximum absolute atomic E-state index is 11.7. The summed E-state index contributed by atoms with van der Waals surface area (Å²) in [6.07, 6.45) is 1.61. The summed E-state index contributed by atoms with van der Waals surface area (Å²) < 4.78 is 9.91. The molecule has 0 saturated heterocycles. The number of nitrogens with zero attached hydrogens (tertiary/aromatic N) is 1. The molecule has 0 radical (unpaired) electrons. The minimum absolute atomic E-state index is 0.194. The smallest absolute Gasteiger partial charge is 0.325 e. The van der Waals surface area contributed by atoms with Gasteiger partial charge in [-0.3, -0.25) is 9.69 Å². The lowest BCUT2D eigenvalue weighted by atomic mass is 9.93. The second-order valence-electron chi connectivity index (χ2n) is 5.45. The minimum Gasteiger partial charge on any atom is -0.468 e. The summed E-state index contributed by atoms with van der Waals surface area (Å²) in [6, 6.07) is 0.623. The Morgan fingerprint density at radius 2 is 1.89 bits per heavy atom. The second-order valence-corrected chi connectivity index (χ2v) is 5.45. The highest BCUT2D eigenvalue weighted by molar-refractivity contribution is 5.79. The van der Waals surface area contributed by atoms with Gasteiger partial charge in [0.15, 0.2) is 0 Å². The van der Waals surface area contributed by atoms with Gasteiger partial charge in [-0.2, -0.15) is 0 Å². The number of methoxy groups -OCH3 is 2. The molecule has 0 aliphatic heterocycles. The van der Waals surface area contributed by atoms with Crippen LogP contribution in [-0.4, -0.2) is 55.9 Å². The number of rotatable bonds is 9. The molecule has 0 aliphatic rings. The molecule has 0 bridgehead atoms. The molecule has 0 saturated carbocycles. The van der Waals surface area contributed by atoms with Gasteiger partial charge in [0.2, 0.25) is 0 Å². The Kier molecular flexibility index (Phi) is 8.22. The van der Waals surface area contributed by atoms with Gasteiger partial charge in [-0.15, -0.1) is 0 Å². The summed E-state index contributed by atoms with van der Waals surface area (Å²) in [5.74, 6) is -0.366. The Hall–Kier alpha value is -0.650. The lowest BCUT2D eigenvalue weighted by molar-refractivity contribution is -0.147. The number of hydrogen-bond acceptors (Lipinski definition) is 5. The molecule has 19 heavy (non-hydrogen) atoms. The maximum Gasteiger partial charge on any atom is 0.325 e. The highest BCUT2D eigenvalue weighted by Crippen LogP contribution is 2.18. The van der Waals surface area contributed by atoms with Crippen LogP contribution >= 0.6 is 0 Å². The lowest BCUT2D eigenvalue weighted by Crippen LogP contribution is -2.52. The molecule has 0 aliphatic carbocycles.